The quantitative estimate of drug-likeness (QED) is 0.197. The summed E-state index contributed by atoms with van der Waals surface area (Å²) in [5.41, 5.74) is 8.14. The van der Waals surface area contributed by atoms with Gasteiger partial charge in [-0.1, -0.05) is 91.8 Å². The van der Waals surface area contributed by atoms with E-state index in [1.165, 1.54) is 112 Å². The SMILES string of the molecule is CC(C)CCN1CCN(C)CC1.CC(C)CCc1ccc(N(C)C)cc1.CC(C)c1ccc(N2CCCC2)cc1.COc1ccc(C(C)C)cc1C. The number of ether oxygens (including phenoxy) is 1. The first-order valence-electron chi connectivity index (χ1n) is 20.4. The molecule has 5 rings (SSSR count). The largest absolute Gasteiger partial charge is 0.496 e. The Morgan fingerprint density at radius 2 is 1.19 bits per heavy atom. The van der Waals surface area contributed by atoms with E-state index in [1.807, 2.05) is 6.07 Å². The van der Waals surface area contributed by atoms with Crippen molar-refractivity contribution < 1.29 is 4.74 Å². The van der Waals surface area contributed by atoms with Gasteiger partial charge >= 0.3 is 0 Å². The Kier molecular flexibility index (Phi) is 21.1. The van der Waals surface area contributed by atoms with Crippen molar-refractivity contribution in [3.8, 4) is 5.75 Å². The van der Waals surface area contributed by atoms with Crippen LogP contribution in [-0.2, 0) is 6.42 Å². The number of rotatable bonds is 11. The number of hydrogen-bond donors (Lipinski definition) is 0. The Labute approximate surface area is 321 Å². The molecule has 0 N–H and O–H groups in total. The van der Waals surface area contributed by atoms with Gasteiger partial charge in [-0.15, -0.1) is 0 Å². The van der Waals surface area contributed by atoms with Crippen molar-refractivity contribution >= 4 is 11.4 Å². The minimum absolute atomic E-state index is 0.592. The van der Waals surface area contributed by atoms with Crippen LogP contribution < -0.4 is 14.5 Å². The Bertz CT molecular complexity index is 1330. The molecule has 0 aliphatic carbocycles. The first-order valence-corrected chi connectivity index (χ1v) is 20.4. The molecule has 2 aliphatic rings. The zero-order chi connectivity index (χ0) is 38.6. The smallest absolute Gasteiger partial charge is 0.121 e. The lowest BCUT2D eigenvalue weighted by Crippen LogP contribution is -2.44. The second kappa shape index (κ2) is 24.3. The Balaban J connectivity index is 0.000000241. The fourth-order valence-electron chi connectivity index (χ4n) is 6.23. The van der Waals surface area contributed by atoms with Crippen molar-refractivity contribution in [3.05, 3.63) is 89.0 Å². The van der Waals surface area contributed by atoms with E-state index in [4.69, 9.17) is 4.74 Å². The summed E-state index contributed by atoms with van der Waals surface area (Å²) in [5.74, 6) is 3.85. The van der Waals surface area contributed by atoms with Crippen LogP contribution in [0.2, 0.25) is 0 Å². The van der Waals surface area contributed by atoms with Crippen LogP contribution in [-0.4, -0.2) is 83.9 Å². The molecule has 2 saturated heterocycles. The van der Waals surface area contributed by atoms with Gasteiger partial charge in [0.15, 0.2) is 0 Å². The zero-order valence-corrected chi connectivity index (χ0v) is 35.8. The monoisotopic (exact) mass is 715 g/mol. The van der Waals surface area contributed by atoms with E-state index < -0.39 is 0 Å². The summed E-state index contributed by atoms with van der Waals surface area (Å²) in [6.45, 7) is 28.9. The van der Waals surface area contributed by atoms with Gasteiger partial charge in [0.2, 0.25) is 0 Å². The van der Waals surface area contributed by atoms with Gasteiger partial charge in [0.1, 0.15) is 5.75 Å². The molecular weight excluding hydrogens is 637 g/mol. The molecule has 3 aromatic carbocycles. The summed E-state index contributed by atoms with van der Waals surface area (Å²) in [6.07, 6.45) is 6.54. The molecule has 52 heavy (non-hydrogen) atoms. The van der Waals surface area contributed by atoms with Gasteiger partial charge in [-0.25, -0.2) is 0 Å². The number of aryl methyl sites for hydroxylation is 2. The van der Waals surface area contributed by atoms with Gasteiger partial charge in [-0.2, -0.15) is 0 Å². The topological polar surface area (TPSA) is 22.2 Å². The highest BCUT2D eigenvalue weighted by atomic mass is 16.5. The maximum Gasteiger partial charge on any atom is 0.121 e. The Morgan fingerprint density at radius 3 is 1.65 bits per heavy atom. The van der Waals surface area contributed by atoms with E-state index in [2.05, 4.69) is 164 Å². The second-order valence-electron chi connectivity index (χ2n) is 16.6. The van der Waals surface area contributed by atoms with E-state index in [-0.39, 0.29) is 0 Å². The van der Waals surface area contributed by atoms with Crippen LogP contribution in [0.25, 0.3) is 0 Å². The molecule has 5 heteroatoms. The minimum atomic E-state index is 0.592. The third kappa shape index (κ3) is 17.7. The fourth-order valence-corrected chi connectivity index (χ4v) is 6.23. The summed E-state index contributed by atoms with van der Waals surface area (Å²) in [6, 6.07) is 24.2. The van der Waals surface area contributed by atoms with Crippen LogP contribution in [0.1, 0.15) is 115 Å². The number of methoxy groups -OCH3 is 1. The molecule has 0 aromatic heterocycles. The van der Waals surface area contributed by atoms with Gasteiger partial charge in [0, 0.05) is 64.7 Å². The Morgan fingerprint density at radius 1 is 0.654 bits per heavy atom. The average molecular weight is 715 g/mol. The summed E-state index contributed by atoms with van der Waals surface area (Å²) in [5, 5.41) is 0. The maximum atomic E-state index is 5.18. The lowest BCUT2D eigenvalue weighted by atomic mass is 10.0. The lowest BCUT2D eigenvalue weighted by Gasteiger charge is -2.32. The fraction of sp³-hybridized carbons (Fsp3) is 0.617. The summed E-state index contributed by atoms with van der Waals surface area (Å²) in [4.78, 5) is 9.60. The number of likely N-dealkylation sites (N-methyl/N-ethyl adjacent to an activating group) is 1. The van der Waals surface area contributed by atoms with Crippen LogP contribution in [0, 0.1) is 18.8 Å². The van der Waals surface area contributed by atoms with Crippen molar-refractivity contribution in [2.75, 3.05) is 83.9 Å². The van der Waals surface area contributed by atoms with E-state index in [0.717, 1.165) is 17.6 Å². The first kappa shape index (κ1) is 45.1. The van der Waals surface area contributed by atoms with E-state index >= 15 is 0 Å². The third-order valence-electron chi connectivity index (χ3n) is 10.2. The molecular formula is C47H78N4O. The summed E-state index contributed by atoms with van der Waals surface area (Å²) >= 11 is 0. The molecule has 3 aromatic rings. The zero-order valence-electron chi connectivity index (χ0n) is 35.8. The molecule has 0 atom stereocenters. The maximum absolute atomic E-state index is 5.18. The van der Waals surface area contributed by atoms with Gasteiger partial charge in [-0.3, -0.25) is 0 Å². The summed E-state index contributed by atoms with van der Waals surface area (Å²) < 4.78 is 5.18. The molecule has 0 amide bonds. The van der Waals surface area contributed by atoms with E-state index in [1.54, 1.807) is 7.11 Å². The van der Waals surface area contributed by atoms with Gasteiger partial charge in [0.25, 0.3) is 0 Å². The highest BCUT2D eigenvalue weighted by Crippen LogP contribution is 2.24. The number of nitrogens with zero attached hydrogens (tertiary/aromatic N) is 4. The van der Waals surface area contributed by atoms with Crippen molar-refractivity contribution in [2.45, 2.75) is 106 Å². The third-order valence-corrected chi connectivity index (χ3v) is 10.2. The predicted molar refractivity (Wildman–Crippen MR) is 231 cm³/mol. The van der Waals surface area contributed by atoms with Crippen molar-refractivity contribution in [1.82, 2.24) is 9.80 Å². The van der Waals surface area contributed by atoms with Gasteiger partial charge in [0.05, 0.1) is 7.11 Å². The van der Waals surface area contributed by atoms with Gasteiger partial charge in [-0.05, 0) is 129 Å². The van der Waals surface area contributed by atoms with Crippen molar-refractivity contribution in [2.24, 2.45) is 11.8 Å². The number of benzene rings is 3. The molecule has 2 heterocycles. The molecule has 292 valence electrons. The molecule has 0 unspecified atom stereocenters. The highest BCUT2D eigenvalue weighted by Gasteiger charge is 2.13. The molecule has 2 fully saturated rings. The molecule has 0 spiro atoms. The molecule has 0 radical (unpaired) electrons. The second-order valence-corrected chi connectivity index (χ2v) is 16.6. The normalized spacial score (nSPS) is 14.8. The van der Waals surface area contributed by atoms with Crippen molar-refractivity contribution in [1.29, 1.82) is 0 Å². The first-order chi connectivity index (χ1) is 24.7. The molecule has 0 saturated carbocycles. The standard InChI is InChI=1S/C13H19N.C13H21N.C11H16O.C10H22N2/c1-11(2)12-5-7-13(8-6-12)14-9-3-4-10-14;1-11(2)5-6-12-7-9-13(10-8-12)14(3)4;1-8(2)10-5-6-11(12-4)9(3)7-10;1-10(2)4-5-12-8-6-11(3)7-9-12/h5-8,11H,3-4,9-10H2,1-2H3;7-11H,5-6H2,1-4H3;5-8H,1-4H3;10H,4-9H2,1-3H3. The summed E-state index contributed by atoms with van der Waals surface area (Å²) in [7, 11) is 8.06. The average Bonchev–Trinajstić information content (AvgIpc) is 3.67. The van der Waals surface area contributed by atoms with Crippen LogP contribution >= 0.6 is 0 Å². The molecule has 2 aliphatic heterocycles. The number of anilines is 2. The highest BCUT2D eigenvalue weighted by molar-refractivity contribution is 5.49. The van der Waals surface area contributed by atoms with Crippen LogP contribution in [0.15, 0.2) is 66.7 Å². The predicted octanol–water partition coefficient (Wildman–Crippen LogP) is 11.2. The van der Waals surface area contributed by atoms with Gasteiger partial charge < -0.3 is 24.3 Å². The van der Waals surface area contributed by atoms with E-state index in [0.29, 0.717) is 11.8 Å². The van der Waals surface area contributed by atoms with Crippen molar-refractivity contribution in [3.63, 3.8) is 0 Å². The molecule has 5 nitrogen and oxygen atoms in total. The Hall–Kier alpha value is -3.02. The number of piperazine rings is 1. The minimum Gasteiger partial charge on any atom is -0.496 e. The molecule has 0 bridgehead atoms. The van der Waals surface area contributed by atoms with Crippen LogP contribution in [0.5, 0.6) is 5.75 Å². The van der Waals surface area contributed by atoms with E-state index in [9.17, 15) is 0 Å². The lowest BCUT2D eigenvalue weighted by molar-refractivity contribution is 0.148. The van der Waals surface area contributed by atoms with Crippen LogP contribution in [0.3, 0.4) is 0 Å². The number of hydrogen-bond acceptors (Lipinski definition) is 5. The van der Waals surface area contributed by atoms with Crippen LogP contribution in [0.4, 0.5) is 11.4 Å².